The Balaban J connectivity index is 2.62. The Hall–Kier alpha value is -0.270. The van der Waals surface area contributed by atoms with Gasteiger partial charge in [0.15, 0.2) is 0 Å². The molecule has 0 saturated carbocycles. The van der Waals surface area contributed by atoms with Gasteiger partial charge >= 0.3 is 0 Å². The van der Waals surface area contributed by atoms with Crippen molar-refractivity contribution in [1.82, 2.24) is 4.31 Å². The smallest absolute Gasteiger partial charge is 0.265 e. The van der Waals surface area contributed by atoms with Crippen LogP contribution >= 0.6 is 0 Å². The number of β-amino-alcohol motifs (C(OH)–C–C–N with tert-alkyl or cyclic N) is 1. The maximum atomic E-state index is 12.0. The molecule has 1 aliphatic heterocycles. The first-order chi connectivity index (χ1) is 6.33. The van der Waals surface area contributed by atoms with Crippen LogP contribution < -0.4 is 0 Å². The third-order valence-corrected chi connectivity index (χ3v) is 4.16. The summed E-state index contributed by atoms with van der Waals surface area (Å²) in [5.41, 5.74) is 0. The zero-order valence-corrected chi connectivity index (χ0v) is 8.54. The molecule has 1 N–H and O–H groups in total. The molecule has 0 aromatic carbocycles. The van der Waals surface area contributed by atoms with Gasteiger partial charge in [-0.05, 0) is 5.92 Å². The maximum Gasteiger partial charge on any atom is 0.265 e. The summed E-state index contributed by atoms with van der Waals surface area (Å²) in [6.45, 7) is 1.43. The van der Waals surface area contributed by atoms with Crippen LogP contribution in [0.4, 0.5) is 8.78 Å². The zero-order chi connectivity index (χ0) is 10.9. The maximum absolute atomic E-state index is 12.0. The van der Waals surface area contributed by atoms with Crippen LogP contribution in [0.5, 0.6) is 0 Å². The van der Waals surface area contributed by atoms with Crippen molar-refractivity contribution in [1.29, 1.82) is 0 Å². The highest BCUT2D eigenvalue weighted by atomic mass is 32.2. The van der Waals surface area contributed by atoms with Gasteiger partial charge in [-0.1, -0.05) is 6.92 Å². The van der Waals surface area contributed by atoms with Crippen LogP contribution in [0.1, 0.15) is 6.92 Å². The summed E-state index contributed by atoms with van der Waals surface area (Å²) in [5.74, 6) is -0.0898. The topological polar surface area (TPSA) is 57.6 Å². The lowest BCUT2D eigenvalue weighted by Crippen LogP contribution is -2.37. The number of alkyl halides is 2. The molecule has 2 unspecified atom stereocenters. The second-order valence-electron chi connectivity index (χ2n) is 3.60. The SMILES string of the molecule is CC1CN(CC(O)C(F)F)S(=O)(=O)C1. The monoisotopic (exact) mass is 229 g/mol. The predicted octanol–water partition coefficient (Wildman–Crippen LogP) is -0.106. The van der Waals surface area contributed by atoms with Gasteiger partial charge in [0.05, 0.1) is 5.75 Å². The first-order valence-electron chi connectivity index (χ1n) is 4.27. The van der Waals surface area contributed by atoms with Gasteiger partial charge in [0.2, 0.25) is 10.0 Å². The fourth-order valence-electron chi connectivity index (χ4n) is 1.46. The average Bonchev–Trinajstić information content (AvgIpc) is 2.24. The number of hydrogen-bond donors (Lipinski definition) is 1. The van der Waals surface area contributed by atoms with Crippen molar-refractivity contribution < 1.29 is 22.3 Å². The van der Waals surface area contributed by atoms with Gasteiger partial charge in [-0.3, -0.25) is 0 Å². The molecule has 0 aromatic rings. The Morgan fingerprint density at radius 3 is 2.50 bits per heavy atom. The average molecular weight is 229 g/mol. The van der Waals surface area contributed by atoms with Gasteiger partial charge in [0, 0.05) is 13.1 Å². The fourth-order valence-corrected chi connectivity index (χ4v) is 3.35. The van der Waals surface area contributed by atoms with Crippen molar-refractivity contribution in [3.05, 3.63) is 0 Å². The molecule has 1 heterocycles. The number of hydrogen-bond acceptors (Lipinski definition) is 3. The highest BCUT2D eigenvalue weighted by molar-refractivity contribution is 7.89. The molecule has 1 rings (SSSR count). The van der Waals surface area contributed by atoms with Gasteiger partial charge in [-0.2, -0.15) is 4.31 Å². The minimum atomic E-state index is -3.42. The van der Waals surface area contributed by atoms with Crippen LogP contribution in [0.25, 0.3) is 0 Å². The molecule has 1 saturated heterocycles. The molecule has 1 aliphatic rings. The summed E-state index contributed by atoms with van der Waals surface area (Å²) >= 11 is 0. The first-order valence-corrected chi connectivity index (χ1v) is 5.88. The van der Waals surface area contributed by atoms with E-state index in [-0.39, 0.29) is 18.2 Å². The molecule has 0 aliphatic carbocycles. The van der Waals surface area contributed by atoms with Crippen LogP contribution in [0.15, 0.2) is 0 Å². The third-order valence-electron chi connectivity index (χ3n) is 2.09. The summed E-state index contributed by atoms with van der Waals surface area (Å²) < 4.78 is 47.4. The number of halogens is 2. The fraction of sp³-hybridized carbons (Fsp3) is 1.00. The summed E-state index contributed by atoms with van der Waals surface area (Å²) in [6.07, 6.45) is -4.80. The predicted molar refractivity (Wildman–Crippen MR) is 46.5 cm³/mol. The first kappa shape index (κ1) is 11.8. The molecule has 0 amide bonds. The Morgan fingerprint density at radius 1 is 1.57 bits per heavy atom. The van der Waals surface area contributed by atoms with Crippen molar-refractivity contribution in [3.8, 4) is 0 Å². The highest BCUT2D eigenvalue weighted by Crippen LogP contribution is 2.19. The van der Waals surface area contributed by atoms with Crippen molar-refractivity contribution >= 4 is 10.0 Å². The molecule has 2 atom stereocenters. The van der Waals surface area contributed by atoms with Gasteiger partial charge in [-0.15, -0.1) is 0 Å². The molecular weight excluding hydrogens is 216 g/mol. The van der Waals surface area contributed by atoms with Gasteiger partial charge < -0.3 is 5.11 Å². The van der Waals surface area contributed by atoms with E-state index in [9.17, 15) is 17.2 Å². The standard InChI is InChI=1S/C7H13F2NO3S/c1-5-2-10(14(12,13)4-5)3-6(11)7(8)9/h5-7,11H,2-4H2,1H3. The lowest BCUT2D eigenvalue weighted by atomic mass is 10.2. The largest absolute Gasteiger partial charge is 0.386 e. The van der Waals surface area contributed by atoms with E-state index in [2.05, 4.69) is 0 Å². The number of sulfonamides is 1. The molecular formula is C7H13F2NO3S. The van der Waals surface area contributed by atoms with Crippen LogP contribution in [-0.2, 0) is 10.0 Å². The van der Waals surface area contributed by atoms with Gasteiger partial charge in [-0.25, -0.2) is 17.2 Å². The molecule has 0 spiro atoms. The Kier molecular flexibility index (Phi) is 3.44. The second-order valence-corrected chi connectivity index (χ2v) is 5.62. The molecule has 4 nitrogen and oxygen atoms in total. The van der Waals surface area contributed by atoms with E-state index in [0.717, 1.165) is 4.31 Å². The van der Waals surface area contributed by atoms with Crippen LogP contribution in [0.2, 0.25) is 0 Å². The van der Waals surface area contributed by atoms with Crippen LogP contribution in [0, 0.1) is 5.92 Å². The van der Waals surface area contributed by atoms with E-state index in [0.29, 0.717) is 0 Å². The molecule has 84 valence electrons. The van der Waals surface area contributed by atoms with Gasteiger partial charge in [0.1, 0.15) is 6.10 Å². The van der Waals surface area contributed by atoms with E-state index >= 15 is 0 Å². The number of aliphatic hydroxyl groups is 1. The van der Waals surface area contributed by atoms with E-state index in [1.165, 1.54) is 0 Å². The number of rotatable bonds is 3. The van der Waals surface area contributed by atoms with Crippen molar-refractivity contribution in [2.75, 3.05) is 18.8 Å². The van der Waals surface area contributed by atoms with Gasteiger partial charge in [0.25, 0.3) is 6.43 Å². The van der Waals surface area contributed by atoms with Crippen molar-refractivity contribution in [2.45, 2.75) is 19.5 Å². The molecule has 0 bridgehead atoms. The zero-order valence-electron chi connectivity index (χ0n) is 7.73. The lowest BCUT2D eigenvalue weighted by Gasteiger charge is -2.17. The Bertz CT molecular complexity index is 293. The number of aliphatic hydroxyl groups excluding tert-OH is 1. The highest BCUT2D eigenvalue weighted by Gasteiger charge is 2.36. The summed E-state index contributed by atoms with van der Waals surface area (Å²) in [4.78, 5) is 0. The van der Waals surface area contributed by atoms with Crippen LogP contribution in [0.3, 0.4) is 0 Å². The van der Waals surface area contributed by atoms with Crippen molar-refractivity contribution in [3.63, 3.8) is 0 Å². The Morgan fingerprint density at radius 2 is 2.14 bits per heavy atom. The molecule has 7 heteroatoms. The Labute approximate surface area is 81.6 Å². The van der Waals surface area contributed by atoms with E-state index in [1.807, 2.05) is 0 Å². The quantitative estimate of drug-likeness (QED) is 0.735. The normalized spacial score (nSPS) is 29.6. The van der Waals surface area contributed by atoms with E-state index < -0.39 is 29.1 Å². The molecule has 0 radical (unpaired) electrons. The molecule has 0 aromatic heterocycles. The molecule has 14 heavy (non-hydrogen) atoms. The van der Waals surface area contributed by atoms with E-state index in [4.69, 9.17) is 5.11 Å². The molecule has 1 fully saturated rings. The second kappa shape index (κ2) is 4.08. The minimum absolute atomic E-state index is 0.0248. The third kappa shape index (κ3) is 2.61. The van der Waals surface area contributed by atoms with Crippen LogP contribution in [-0.4, -0.2) is 49.2 Å². The number of nitrogens with zero attached hydrogens (tertiary/aromatic N) is 1. The summed E-state index contributed by atoms with van der Waals surface area (Å²) in [5, 5.41) is 8.85. The summed E-state index contributed by atoms with van der Waals surface area (Å²) in [6, 6.07) is 0. The summed E-state index contributed by atoms with van der Waals surface area (Å²) in [7, 11) is -3.42. The lowest BCUT2D eigenvalue weighted by molar-refractivity contribution is -0.0125. The van der Waals surface area contributed by atoms with Crippen molar-refractivity contribution in [2.24, 2.45) is 5.92 Å². The minimum Gasteiger partial charge on any atom is -0.386 e. The van der Waals surface area contributed by atoms with E-state index in [1.54, 1.807) is 6.92 Å².